The van der Waals surface area contributed by atoms with Gasteiger partial charge in [-0.2, -0.15) is 0 Å². The minimum Gasteiger partial charge on any atom is -0.491 e. The molecular weight excluding hydrogens is 384 g/mol. The van der Waals surface area contributed by atoms with Crippen molar-refractivity contribution in [1.82, 2.24) is 15.1 Å². The van der Waals surface area contributed by atoms with Gasteiger partial charge in [0.25, 0.3) is 5.91 Å². The maximum atomic E-state index is 13.2. The molecule has 3 atom stereocenters. The van der Waals surface area contributed by atoms with Gasteiger partial charge in [-0.15, -0.1) is 0 Å². The van der Waals surface area contributed by atoms with Gasteiger partial charge in [0.2, 0.25) is 0 Å². The molecule has 0 spiro atoms. The molecule has 1 aromatic carbocycles. The number of carbonyl (C=O) groups excluding carboxylic acids is 2. The van der Waals surface area contributed by atoms with Crippen molar-refractivity contribution in [2.75, 3.05) is 52.8 Å². The number of ether oxygens (including phenoxy) is 2. The number of methoxy groups -OCH3 is 1. The van der Waals surface area contributed by atoms with E-state index in [0.717, 1.165) is 13.0 Å². The summed E-state index contributed by atoms with van der Waals surface area (Å²) in [5, 5.41) is 5.55. The summed E-state index contributed by atoms with van der Waals surface area (Å²) in [4.78, 5) is 29.1. The van der Waals surface area contributed by atoms with Crippen LogP contribution in [0.1, 0.15) is 37.6 Å². The molecule has 3 amide bonds. The first-order valence-electron chi connectivity index (χ1n) is 10.6. The molecular formula is C22H36N4O4. The van der Waals surface area contributed by atoms with E-state index in [9.17, 15) is 9.59 Å². The fraction of sp³-hybridized carbons (Fsp3) is 0.636. The number of anilines is 1. The number of benzene rings is 1. The van der Waals surface area contributed by atoms with Crippen LogP contribution in [0.25, 0.3) is 0 Å². The SMILES string of the molecule is CCCNC(=O)Nc1ccc2c(c1)C(=O)N(C)C[C@H](OC)[C@@H](C)CN(C)[C@@H](C)CO2. The summed E-state index contributed by atoms with van der Waals surface area (Å²) in [5.41, 5.74) is 0.963. The lowest BCUT2D eigenvalue weighted by Gasteiger charge is -2.34. The van der Waals surface area contributed by atoms with Crippen molar-refractivity contribution >= 4 is 17.6 Å². The average Bonchev–Trinajstić information content (AvgIpc) is 2.73. The van der Waals surface area contributed by atoms with Gasteiger partial charge in [-0.25, -0.2) is 4.79 Å². The molecule has 1 heterocycles. The van der Waals surface area contributed by atoms with Crippen LogP contribution in [0.15, 0.2) is 18.2 Å². The van der Waals surface area contributed by atoms with Gasteiger partial charge in [0.1, 0.15) is 12.4 Å². The highest BCUT2D eigenvalue weighted by Crippen LogP contribution is 2.26. The first-order chi connectivity index (χ1) is 14.3. The summed E-state index contributed by atoms with van der Waals surface area (Å²) in [6.45, 7) is 8.56. The molecule has 0 saturated carbocycles. The Morgan fingerprint density at radius 1 is 1.27 bits per heavy atom. The van der Waals surface area contributed by atoms with E-state index in [2.05, 4.69) is 36.4 Å². The summed E-state index contributed by atoms with van der Waals surface area (Å²) in [7, 11) is 5.51. The van der Waals surface area contributed by atoms with Crippen molar-refractivity contribution in [3.63, 3.8) is 0 Å². The van der Waals surface area contributed by atoms with Crippen molar-refractivity contribution in [3.8, 4) is 5.75 Å². The fourth-order valence-electron chi connectivity index (χ4n) is 3.45. The van der Waals surface area contributed by atoms with E-state index in [4.69, 9.17) is 9.47 Å². The first-order valence-corrected chi connectivity index (χ1v) is 10.6. The summed E-state index contributed by atoms with van der Waals surface area (Å²) in [5.74, 6) is 0.583. The van der Waals surface area contributed by atoms with E-state index in [1.807, 2.05) is 6.92 Å². The number of amides is 3. The molecule has 0 fully saturated rings. The van der Waals surface area contributed by atoms with Gasteiger partial charge in [0.15, 0.2) is 0 Å². The number of nitrogens with zero attached hydrogens (tertiary/aromatic N) is 2. The van der Waals surface area contributed by atoms with Crippen molar-refractivity contribution in [3.05, 3.63) is 23.8 Å². The highest BCUT2D eigenvalue weighted by atomic mass is 16.5. The third-order valence-corrected chi connectivity index (χ3v) is 5.55. The zero-order valence-electron chi connectivity index (χ0n) is 19.0. The summed E-state index contributed by atoms with van der Waals surface area (Å²) >= 11 is 0. The minimum absolute atomic E-state index is 0.0847. The van der Waals surface area contributed by atoms with E-state index in [-0.39, 0.29) is 30.0 Å². The number of rotatable bonds is 4. The largest absolute Gasteiger partial charge is 0.491 e. The molecule has 8 heteroatoms. The van der Waals surface area contributed by atoms with Crippen LogP contribution in [0.2, 0.25) is 0 Å². The molecule has 0 radical (unpaired) electrons. The normalized spacial score (nSPS) is 23.6. The van der Waals surface area contributed by atoms with Crippen LogP contribution in [0.4, 0.5) is 10.5 Å². The van der Waals surface area contributed by atoms with Crippen molar-refractivity contribution in [2.24, 2.45) is 5.92 Å². The summed E-state index contributed by atoms with van der Waals surface area (Å²) < 4.78 is 11.7. The number of carbonyl (C=O) groups is 2. The molecule has 0 bridgehead atoms. The van der Waals surface area contributed by atoms with Crippen LogP contribution in [0.5, 0.6) is 5.75 Å². The number of fused-ring (bicyclic) bond motifs is 1. The van der Waals surface area contributed by atoms with Crippen LogP contribution >= 0.6 is 0 Å². The van der Waals surface area contributed by atoms with Gasteiger partial charge in [-0.3, -0.25) is 9.69 Å². The molecule has 30 heavy (non-hydrogen) atoms. The molecule has 1 aliphatic heterocycles. The highest BCUT2D eigenvalue weighted by Gasteiger charge is 2.27. The average molecular weight is 421 g/mol. The molecule has 2 rings (SSSR count). The maximum Gasteiger partial charge on any atom is 0.319 e. The van der Waals surface area contributed by atoms with Gasteiger partial charge in [-0.1, -0.05) is 13.8 Å². The van der Waals surface area contributed by atoms with E-state index in [0.29, 0.717) is 36.7 Å². The van der Waals surface area contributed by atoms with Crippen LogP contribution in [0.3, 0.4) is 0 Å². The third kappa shape index (κ3) is 6.34. The smallest absolute Gasteiger partial charge is 0.319 e. The van der Waals surface area contributed by atoms with E-state index < -0.39 is 0 Å². The molecule has 0 saturated heterocycles. The molecule has 1 aromatic rings. The molecule has 0 aromatic heterocycles. The van der Waals surface area contributed by atoms with Gasteiger partial charge < -0.3 is 25.0 Å². The highest BCUT2D eigenvalue weighted by molar-refractivity contribution is 5.99. The van der Waals surface area contributed by atoms with E-state index in [1.165, 1.54) is 0 Å². The number of nitrogens with one attached hydrogen (secondary N) is 2. The van der Waals surface area contributed by atoms with E-state index >= 15 is 0 Å². The molecule has 0 aliphatic carbocycles. The summed E-state index contributed by atoms with van der Waals surface area (Å²) in [6, 6.07) is 5.03. The minimum atomic E-state index is -0.296. The Bertz CT molecular complexity index is 727. The molecule has 1 aliphatic rings. The Kier molecular flexibility index (Phi) is 8.92. The molecule has 0 unspecified atom stereocenters. The Morgan fingerprint density at radius 2 is 2.00 bits per heavy atom. The lowest BCUT2D eigenvalue weighted by atomic mass is 10.0. The lowest BCUT2D eigenvalue weighted by molar-refractivity contribution is 0.0150. The zero-order valence-corrected chi connectivity index (χ0v) is 19.0. The number of likely N-dealkylation sites (N-methyl/N-ethyl adjacent to an activating group) is 2. The van der Waals surface area contributed by atoms with Crippen LogP contribution < -0.4 is 15.4 Å². The Morgan fingerprint density at radius 3 is 2.67 bits per heavy atom. The predicted octanol–water partition coefficient (Wildman–Crippen LogP) is 2.65. The second-order valence-corrected chi connectivity index (χ2v) is 8.13. The Hall–Kier alpha value is -2.32. The van der Waals surface area contributed by atoms with Crippen molar-refractivity contribution in [2.45, 2.75) is 39.3 Å². The fourth-order valence-corrected chi connectivity index (χ4v) is 3.45. The second kappa shape index (κ2) is 11.2. The summed E-state index contributed by atoms with van der Waals surface area (Å²) in [6.07, 6.45) is 0.763. The van der Waals surface area contributed by atoms with Crippen molar-refractivity contribution in [1.29, 1.82) is 0 Å². The van der Waals surface area contributed by atoms with Gasteiger partial charge >= 0.3 is 6.03 Å². The van der Waals surface area contributed by atoms with Gasteiger partial charge in [0.05, 0.1) is 11.7 Å². The predicted molar refractivity (Wildman–Crippen MR) is 118 cm³/mol. The number of hydrogen-bond acceptors (Lipinski definition) is 5. The Balaban J connectivity index is 2.33. The first kappa shape index (κ1) is 24.0. The molecule has 2 N–H and O–H groups in total. The Labute approximate surface area is 179 Å². The van der Waals surface area contributed by atoms with Crippen molar-refractivity contribution < 1.29 is 19.1 Å². The molecule has 8 nitrogen and oxygen atoms in total. The van der Waals surface area contributed by atoms with Crippen LogP contribution in [-0.2, 0) is 4.74 Å². The van der Waals surface area contributed by atoms with Gasteiger partial charge in [0, 0.05) is 45.5 Å². The standard InChI is InChI=1S/C22H36N4O4/c1-7-10-23-22(28)24-17-8-9-19-18(11-17)21(27)26(5)13-20(29-6)15(2)12-25(4)16(3)14-30-19/h8-9,11,15-16,20H,7,10,12-14H2,1-6H3,(H2,23,24,28)/t15-,16-,20-/m0/s1. The van der Waals surface area contributed by atoms with Gasteiger partial charge in [-0.05, 0) is 44.5 Å². The second-order valence-electron chi connectivity index (χ2n) is 8.13. The quantitative estimate of drug-likeness (QED) is 0.783. The number of hydrogen-bond donors (Lipinski definition) is 2. The number of urea groups is 1. The zero-order chi connectivity index (χ0) is 22.3. The van der Waals surface area contributed by atoms with Crippen LogP contribution in [0, 0.1) is 5.92 Å². The monoisotopic (exact) mass is 420 g/mol. The lowest BCUT2D eigenvalue weighted by Crippen LogP contribution is -2.45. The molecule has 168 valence electrons. The van der Waals surface area contributed by atoms with Crippen LogP contribution in [-0.4, -0.2) is 81.3 Å². The van der Waals surface area contributed by atoms with E-state index in [1.54, 1.807) is 37.3 Å². The maximum absolute atomic E-state index is 13.2. The topological polar surface area (TPSA) is 83.1 Å². The third-order valence-electron chi connectivity index (χ3n) is 5.55.